The van der Waals surface area contributed by atoms with Gasteiger partial charge in [-0.25, -0.2) is 0 Å². The molecule has 0 amide bonds. The van der Waals surface area contributed by atoms with Crippen molar-refractivity contribution < 1.29 is 30.6 Å². The molecule has 6 heteroatoms. The maximum atomic E-state index is 10.2. The van der Waals surface area contributed by atoms with Gasteiger partial charge in [-0.3, -0.25) is 0 Å². The van der Waals surface area contributed by atoms with E-state index in [2.05, 4.69) is 0 Å². The van der Waals surface area contributed by atoms with E-state index in [1.807, 2.05) is 0 Å². The summed E-state index contributed by atoms with van der Waals surface area (Å²) in [5, 5.41) is 58.4. The summed E-state index contributed by atoms with van der Waals surface area (Å²) in [5.74, 6) is 0. The Morgan fingerprint density at radius 2 is 0.750 bits per heavy atom. The van der Waals surface area contributed by atoms with Crippen LogP contribution < -0.4 is 0 Å². The van der Waals surface area contributed by atoms with Gasteiger partial charge in [0, 0.05) is 25.7 Å². The van der Waals surface area contributed by atoms with Crippen LogP contribution in [0.2, 0.25) is 0 Å². The summed E-state index contributed by atoms with van der Waals surface area (Å²) in [7, 11) is 0. The summed E-state index contributed by atoms with van der Waals surface area (Å²) >= 11 is 0. The van der Waals surface area contributed by atoms with E-state index in [1.165, 1.54) is 0 Å². The molecule has 6 nitrogen and oxygen atoms in total. The van der Waals surface area contributed by atoms with E-state index < -0.39 is 35.6 Å². The standard InChI is InChI=1S/C10H18O6/c11-5-1-9(15)2-7(13)8(14)4-10(9,16)3-6(5)12/h5-8,11-16H,1-4H2/t5-,6-,7+,8+,9?,10?. The minimum Gasteiger partial charge on any atom is -0.390 e. The molecule has 0 aromatic rings. The lowest BCUT2D eigenvalue weighted by atomic mass is 9.61. The molecule has 0 radical (unpaired) electrons. The summed E-state index contributed by atoms with van der Waals surface area (Å²) < 4.78 is 0. The fourth-order valence-corrected chi connectivity index (χ4v) is 2.85. The van der Waals surface area contributed by atoms with E-state index in [0.717, 1.165) is 0 Å². The largest absolute Gasteiger partial charge is 0.390 e. The minimum atomic E-state index is -1.65. The molecule has 2 aliphatic carbocycles. The molecule has 2 fully saturated rings. The van der Waals surface area contributed by atoms with E-state index in [9.17, 15) is 30.6 Å². The number of aliphatic hydroxyl groups excluding tert-OH is 4. The second kappa shape index (κ2) is 3.63. The lowest BCUT2D eigenvalue weighted by Gasteiger charge is -2.54. The van der Waals surface area contributed by atoms with Crippen molar-refractivity contribution in [2.45, 2.75) is 61.3 Å². The van der Waals surface area contributed by atoms with E-state index >= 15 is 0 Å². The Hall–Kier alpha value is -0.240. The first kappa shape index (κ1) is 12.2. The molecule has 0 bridgehead atoms. The van der Waals surface area contributed by atoms with E-state index in [-0.39, 0.29) is 25.7 Å². The van der Waals surface area contributed by atoms with Crippen molar-refractivity contribution in [3.8, 4) is 0 Å². The Bertz CT molecular complexity index is 232. The zero-order chi connectivity index (χ0) is 12.1. The van der Waals surface area contributed by atoms with Gasteiger partial charge in [-0.15, -0.1) is 0 Å². The van der Waals surface area contributed by atoms with Gasteiger partial charge in [-0.05, 0) is 0 Å². The molecular weight excluding hydrogens is 216 g/mol. The topological polar surface area (TPSA) is 121 Å². The molecule has 0 saturated heterocycles. The summed E-state index contributed by atoms with van der Waals surface area (Å²) in [4.78, 5) is 0. The second-order valence-corrected chi connectivity index (χ2v) is 5.15. The summed E-state index contributed by atoms with van der Waals surface area (Å²) in [6, 6.07) is 0. The lowest BCUT2D eigenvalue weighted by Crippen LogP contribution is -2.68. The Labute approximate surface area is 92.8 Å². The van der Waals surface area contributed by atoms with Crippen molar-refractivity contribution in [1.82, 2.24) is 0 Å². The zero-order valence-corrected chi connectivity index (χ0v) is 8.82. The molecule has 0 aromatic carbocycles. The maximum Gasteiger partial charge on any atom is 0.0986 e. The van der Waals surface area contributed by atoms with Gasteiger partial charge in [-0.2, -0.15) is 0 Å². The Kier molecular flexibility index (Phi) is 2.77. The van der Waals surface area contributed by atoms with Crippen molar-refractivity contribution in [1.29, 1.82) is 0 Å². The van der Waals surface area contributed by atoms with Gasteiger partial charge < -0.3 is 30.6 Å². The predicted octanol–water partition coefficient (Wildman–Crippen LogP) is -2.52. The van der Waals surface area contributed by atoms with Crippen LogP contribution in [0.25, 0.3) is 0 Å². The number of aliphatic hydroxyl groups is 6. The Morgan fingerprint density at radius 3 is 0.938 bits per heavy atom. The van der Waals surface area contributed by atoms with Crippen molar-refractivity contribution in [2.75, 3.05) is 0 Å². The Morgan fingerprint density at radius 1 is 0.562 bits per heavy atom. The number of hydrogen-bond donors (Lipinski definition) is 6. The Balaban J connectivity index is 2.27. The SMILES string of the molecule is O[C@@H]1CC2(O)C[C@H](O)[C@@H](O)CC2(O)C[C@H]1O. The molecule has 2 rings (SSSR count). The molecule has 0 heterocycles. The van der Waals surface area contributed by atoms with Crippen LogP contribution in [0.3, 0.4) is 0 Å². The van der Waals surface area contributed by atoms with Crippen LogP contribution in [0.1, 0.15) is 25.7 Å². The quantitative estimate of drug-likeness (QED) is 0.275. The van der Waals surface area contributed by atoms with Crippen LogP contribution in [0.15, 0.2) is 0 Å². The van der Waals surface area contributed by atoms with Gasteiger partial charge >= 0.3 is 0 Å². The predicted molar refractivity (Wildman–Crippen MR) is 52.4 cm³/mol. The van der Waals surface area contributed by atoms with Crippen molar-refractivity contribution in [3.63, 3.8) is 0 Å². The highest BCUT2D eigenvalue weighted by atomic mass is 16.4. The first-order valence-corrected chi connectivity index (χ1v) is 5.44. The van der Waals surface area contributed by atoms with Crippen molar-refractivity contribution in [3.05, 3.63) is 0 Å². The number of rotatable bonds is 0. The normalized spacial score (nSPS) is 58.1. The highest BCUT2D eigenvalue weighted by Gasteiger charge is 2.60. The molecule has 0 spiro atoms. The third-order valence-corrected chi connectivity index (χ3v) is 3.94. The van der Waals surface area contributed by atoms with Gasteiger partial charge in [0.05, 0.1) is 35.6 Å². The van der Waals surface area contributed by atoms with Crippen LogP contribution in [0.4, 0.5) is 0 Å². The summed E-state index contributed by atoms with van der Waals surface area (Å²) in [5.41, 5.74) is -3.30. The van der Waals surface area contributed by atoms with Gasteiger partial charge in [-0.1, -0.05) is 0 Å². The van der Waals surface area contributed by atoms with Crippen molar-refractivity contribution in [2.24, 2.45) is 0 Å². The van der Waals surface area contributed by atoms with Crippen molar-refractivity contribution >= 4 is 0 Å². The van der Waals surface area contributed by atoms with Crippen LogP contribution in [0.5, 0.6) is 0 Å². The number of hydrogen-bond acceptors (Lipinski definition) is 6. The average Bonchev–Trinajstić information content (AvgIpc) is 2.12. The van der Waals surface area contributed by atoms with E-state index in [0.29, 0.717) is 0 Å². The maximum absolute atomic E-state index is 10.2. The fraction of sp³-hybridized carbons (Fsp3) is 1.00. The first-order valence-electron chi connectivity index (χ1n) is 5.44. The fourth-order valence-electron chi connectivity index (χ4n) is 2.85. The lowest BCUT2D eigenvalue weighted by molar-refractivity contribution is -0.267. The van der Waals surface area contributed by atoms with Gasteiger partial charge in [0.1, 0.15) is 0 Å². The molecule has 2 aliphatic rings. The third-order valence-electron chi connectivity index (χ3n) is 3.94. The smallest absolute Gasteiger partial charge is 0.0986 e. The molecule has 94 valence electrons. The minimum absolute atomic E-state index is 0.200. The van der Waals surface area contributed by atoms with Crippen LogP contribution >= 0.6 is 0 Å². The highest BCUT2D eigenvalue weighted by molar-refractivity contribution is 5.12. The third kappa shape index (κ3) is 1.66. The molecule has 6 atom stereocenters. The molecule has 0 aliphatic heterocycles. The van der Waals surface area contributed by atoms with E-state index in [1.54, 1.807) is 0 Å². The molecule has 2 saturated carbocycles. The number of fused-ring (bicyclic) bond motifs is 1. The van der Waals surface area contributed by atoms with Gasteiger partial charge in [0.2, 0.25) is 0 Å². The molecule has 2 unspecified atom stereocenters. The van der Waals surface area contributed by atoms with Gasteiger partial charge in [0.15, 0.2) is 0 Å². The zero-order valence-electron chi connectivity index (χ0n) is 8.82. The highest BCUT2D eigenvalue weighted by Crippen LogP contribution is 2.47. The van der Waals surface area contributed by atoms with Crippen LogP contribution in [-0.4, -0.2) is 66.3 Å². The molecule has 0 aromatic heterocycles. The average molecular weight is 234 g/mol. The first-order chi connectivity index (χ1) is 7.27. The monoisotopic (exact) mass is 234 g/mol. The van der Waals surface area contributed by atoms with E-state index in [4.69, 9.17) is 0 Å². The molecule has 16 heavy (non-hydrogen) atoms. The summed E-state index contributed by atoms with van der Waals surface area (Å²) in [6.45, 7) is 0. The van der Waals surface area contributed by atoms with Gasteiger partial charge in [0.25, 0.3) is 0 Å². The van der Waals surface area contributed by atoms with Crippen LogP contribution in [-0.2, 0) is 0 Å². The molecular formula is C10H18O6. The second-order valence-electron chi connectivity index (χ2n) is 5.15. The van der Waals surface area contributed by atoms with Crippen LogP contribution in [0, 0.1) is 0 Å². The molecule has 6 N–H and O–H groups in total. The summed E-state index contributed by atoms with van der Waals surface area (Å²) in [6.07, 6.45) is -5.27.